The van der Waals surface area contributed by atoms with Gasteiger partial charge in [0.1, 0.15) is 11.6 Å². The van der Waals surface area contributed by atoms with Gasteiger partial charge in [0.25, 0.3) is 5.91 Å². The molecule has 0 unspecified atom stereocenters. The molecule has 0 bridgehead atoms. The lowest BCUT2D eigenvalue weighted by atomic mass is 10.1. The number of benzene rings is 2. The fraction of sp³-hybridized carbons (Fsp3) is 0.333. The van der Waals surface area contributed by atoms with Crippen LogP contribution in [0, 0.1) is 25.2 Å². The van der Waals surface area contributed by atoms with Crippen molar-refractivity contribution in [2.45, 2.75) is 40.5 Å². The van der Waals surface area contributed by atoms with Crippen LogP contribution in [0.1, 0.15) is 43.4 Å². The number of carbonyl (C=O) groups excluding carboxylic acids is 1. The molecule has 0 aliphatic heterocycles. The van der Waals surface area contributed by atoms with E-state index < -0.39 is 5.91 Å². The molecule has 0 atom stereocenters. The van der Waals surface area contributed by atoms with E-state index in [-0.39, 0.29) is 5.57 Å². The van der Waals surface area contributed by atoms with Gasteiger partial charge in [0.15, 0.2) is 11.5 Å². The Labute approximate surface area is 173 Å². The lowest BCUT2D eigenvalue weighted by Gasteiger charge is -2.13. The Kier molecular flexibility index (Phi) is 8.29. The van der Waals surface area contributed by atoms with Crippen molar-refractivity contribution in [1.29, 1.82) is 5.26 Å². The fourth-order valence-electron chi connectivity index (χ4n) is 2.72. The summed E-state index contributed by atoms with van der Waals surface area (Å²) in [5.74, 6) is 0.822. The van der Waals surface area contributed by atoms with Crippen LogP contribution in [-0.4, -0.2) is 19.1 Å². The number of rotatable bonds is 9. The Balaban J connectivity index is 2.24. The quantitative estimate of drug-likeness (QED) is 0.351. The summed E-state index contributed by atoms with van der Waals surface area (Å²) < 4.78 is 11.4. The molecule has 0 fully saturated rings. The summed E-state index contributed by atoms with van der Waals surface area (Å²) in [6.45, 7) is 9.03. The first-order valence-corrected chi connectivity index (χ1v) is 9.89. The number of carbonyl (C=O) groups is 1. The summed E-state index contributed by atoms with van der Waals surface area (Å²) in [5, 5.41) is 12.3. The van der Waals surface area contributed by atoms with Crippen LogP contribution in [0.3, 0.4) is 0 Å². The molecule has 2 rings (SSSR count). The van der Waals surface area contributed by atoms with Gasteiger partial charge in [-0.1, -0.05) is 31.5 Å². The van der Waals surface area contributed by atoms with Crippen molar-refractivity contribution in [3.05, 3.63) is 58.7 Å². The maximum Gasteiger partial charge on any atom is 0.266 e. The van der Waals surface area contributed by atoms with Crippen LogP contribution in [0.15, 0.2) is 42.0 Å². The first-order chi connectivity index (χ1) is 14.0. The average molecular weight is 392 g/mol. The van der Waals surface area contributed by atoms with E-state index in [1.165, 1.54) is 0 Å². The van der Waals surface area contributed by atoms with Gasteiger partial charge >= 0.3 is 0 Å². The van der Waals surface area contributed by atoms with Gasteiger partial charge in [-0.2, -0.15) is 5.26 Å². The van der Waals surface area contributed by atoms with Crippen molar-refractivity contribution in [1.82, 2.24) is 0 Å². The molecule has 0 saturated carbocycles. The molecule has 152 valence electrons. The summed E-state index contributed by atoms with van der Waals surface area (Å²) in [6, 6.07) is 13.1. The van der Waals surface area contributed by atoms with Crippen LogP contribution in [-0.2, 0) is 4.79 Å². The Morgan fingerprint density at radius 3 is 2.62 bits per heavy atom. The van der Waals surface area contributed by atoms with Crippen molar-refractivity contribution in [3.63, 3.8) is 0 Å². The summed E-state index contributed by atoms with van der Waals surface area (Å²) in [5.41, 5.74) is 3.47. The number of ether oxygens (including phenoxy) is 2. The fourth-order valence-corrected chi connectivity index (χ4v) is 2.72. The minimum atomic E-state index is -0.442. The van der Waals surface area contributed by atoms with Crippen LogP contribution < -0.4 is 14.8 Å². The summed E-state index contributed by atoms with van der Waals surface area (Å²) in [7, 11) is 0. The highest BCUT2D eigenvalue weighted by molar-refractivity contribution is 6.10. The third kappa shape index (κ3) is 6.11. The smallest absolute Gasteiger partial charge is 0.266 e. The Morgan fingerprint density at radius 2 is 1.93 bits per heavy atom. The maximum absolute atomic E-state index is 12.6. The van der Waals surface area contributed by atoms with Crippen LogP contribution in [0.5, 0.6) is 11.5 Å². The second-order valence-corrected chi connectivity index (χ2v) is 6.71. The lowest BCUT2D eigenvalue weighted by Crippen LogP contribution is -2.14. The molecule has 0 spiro atoms. The van der Waals surface area contributed by atoms with E-state index in [1.54, 1.807) is 12.1 Å². The zero-order valence-corrected chi connectivity index (χ0v) is 17.5. The van der Waals surface area contributed by atoms with Crippen molar-refractivity contribution in [3.8, 4) is 17.6 Å². The van der Waals surface area contributed by atoms with Crippen molar-refractivity contribution >= 4 is 17.7 Å². The highest BCUT2D eigenvalue weighted by atomic mass is 16.5. The number of hydrogen-bond donors (Lipinski definition) is 1. The number of nitriles is 1. The Morgan fingerprint density at radius 1 is 1.14 bits per heavy atom. The van der Waals surface area contributed by atoms with E-state index in [0.717, 1.165) is 24.0 Å². The third-order valence-electron chi connectivity index (χ3n) is 4.55. The minimum Gasteiger partial charge on any atom is -0.490 e. The average Bonchev–Trinajstić information content (AvgIpc) is 2.71. The largest absolute Gasteiger partial charge is 0.490 e. The Bertz CT molecular complexity index is 926. The summed E-state index contributed by atoms with van der Waals surface area (Å²) >= 11 is 0. The third-order valence-corrected chi connectivity index (χ3v) is 4.55. The van der Waals surface area contributed by atoms with Gasteiger partial charge in [0.05, 0.1) is 13.2 Å². The van der Waals surface area contributed by atoms with Crippen LogP contribution in [0.25, 0.3) is 6.08 Å². The molecule has 0 aliphatic carbocycles. The van der Waals surface area contributed by atoms with Crippen molar-refractivity contribution < 1.29 is 14.3 Å². The number of nitrogens with zero attached hydrogens (tertiary/aromatic N) is 1. The molecule has 0 saturated heterocycles. The molecule has 5 heteroatoms. The second-order valence-electron chi connectivity index (χ2n) is 6.71. The van der Waals surface area contributed by atoms with Crippen molar-refractivity contribution in [2.75, 3.05) is 18.5 Å². The van der Waals surface area contributed by atoms with Gasteiger partial charge in [0.2, 0.25) is 0 Å². The predicted octanol–water partition coefficient (Wildman–Crippen LogP) is 5.43. The number of aryl methyl sites for hydroxylation is 1. The van der Waals surface area contributed by atoms with Gasteiger partial charge in [-0.25, -0.2) is 0 Å². The SMILES string of the molecule is CCCCOc1ccc(C=C(C#N)C(=O)Nc2cccc(C)c2C)cc1OCC. The monoisotopic (exact) mass is 392 g/mol. The first-order valence-electron chi connectivity index (χ1n) is 9.89. The van der Waals surface area contributed by atoms with Crippen LogP contribution in [0.2, 0.25) is 0 Å². The molecule has 0 radical (unpaired) electrons. The Hall–Kier alpha value is -3.26. The van der Waals surface area contributed by atoms with Gasteiger partial charge in [-0.3, -0.25) is 4.79 Å². The molecule has 2 aromatic carbocycles. The zero-order valence-electron chi connectivity index (χ0n) is 17.5. The number of unbranched alkanes of at least 4 members (excludes halogenated alkanes) is 1. The number of anilines is 1. The minimum absolute atomic E-state index is 0.0213. The highest BCUT2D eigenvalue weighted by Crippen LogP contribution is 2.30. The molecule has 0 aromatic heterocycles. The van der Waals surface area contributed by atoms with Gasteiger partial charge in [-0.15, -0.1) is 0 Å². The molecular formula is C24H28N2O3. The maximum atomic E-state index is 12.6. The zero-order chi connectivity index (χ0) is 21.2. The van der Waals surface area contributed by atoms with Crippen molar-refractivity contribution in [2.24, 2.45) is 0 Å². The van der Waals surface area contributed by atoms with E-state index in [1.807, 2.05) is 57.2 Å². The second kappa shape index (κ2) is 10.9. The lowest BCUT2D eigenvalue weighted by molar-refractivity contribution is -0.112. The van der Waals surface area contributed by atoms with Crippen LogP contribution in [0.4, 0.5) is 5.69 Å². The van der Waals surface area contributed by atoms with E-state index in [9.17, 15) is 10.1 Å². The molecule has 1 N–H and O–H groups in total. The predicted molar refractivity (Wildman–Crippen MR) is 116 cm³/mol. The first kappa shape index (κ1) is 22.0. The van der Waals surface area contributed by atoms with E-state index in [2.05, 4.69) is 12.2 Å². The summed E-state index contributed by atoms with van der Waals surface area (Å²) in [6.07, 6.45) is 3.56. The highest BCUT2D eigenvalue weighted by Gasteiger charge is 2.13. The van der Waals surface area contributed by atoms with E-state index in [4.69, 9.17) is 9.47 Å². The molecular weight excluding hydrogens is 364 g/mol. The number of amides is 1. The van der Waals surface area contributed by atoms with E-state index in [0.29, 0.717) is 36.0 Å². The molecule has 0 heterocycles. The normalized spacial score (nSPS) is 10.9. The van der Waals surface area contributed by atoms with Gasteiger partial charge in [0, 0.05) is 5.69 Å². The molecule has 1 amide bonds. The number of nitrogens with one attached hydrogen (secondary N) is 1. The van der Waals surface area contributed by atoms with E-state index >= 15 is 0 Å². The van der Waals surface area contributed by atoms with Crippen LogP contribution >= 0.6 is 0 Å². The van der Waals surface area contributed by atoms with Gasteiger partial charge in [-0.05, 0) is 68.2 Å². The molecule has 0 aliphatic rings. The summed E-state index contributed by atoms with van der Waals surface area (Å²) in [4.78, 5) is 12.6. The number of hydrogen-bond acceptors (Lipinski definition) is 4. The topological polar surface area (TPSA) is 71.3 Å². The molecule has 5 nitrogen and oxygen atoms in total. The standard InChI is InChI=1S/C24H28N2O3/c1-5-7-13-29-22-12-11-19(15-23(22)28-6-2)14-20(16-25)24(27)26-21-10-8-9-17(3)18(21)4/h8-12,14-15H,5-7,13H2,1-4H3,(H,26,27). The molecule has 2 aromatic rings. The molecule has 29 heavy (non-hydrogen) atoms. The van der Waals surface area contributed by atoms with Gasteiger partial charge < -0.3 is 14.8 Å².